The fourth-order valence-electron chi connectivity index (χ4n) is 2.56. The highest BCUT2D eigenvalue weighted by molar-refractivity contribution is 5.94. The topological polar surface area (TPSA) is 54.5 Å². The van der Waals surface area contributed by atoms with Crippen LogP contribution in [0.3, 0.4) is 0 Å². The normalized spacial score (nSPS) is 16.9. The number of carbonyl (C=O) groups is 1. The van der Waals surface area contributed by atoms with E-state index in [1.807, 2.05) is 30.3 Å². The van der Waals surface area contributed by atoms with E-state index in [1.54, 1.807) is 24.5 Å². The number of hydrogen-bond donors (Lipinski definition) is 1. The second kappa shape index (κ2) is 7.15. The third kappa shape index (κ3) is 3.50. The summed E-state index contributed by atoms with van der Waals surface area (Å²) in [6.07, 6.45) is 3.09. The minimum atomic E-state index is -0.155. The molecular weight excluding hydrogens is 278 g/mol. The van der Waals surface area contributed by atoms with Crippen LogP contribution < -0.4 is 5.32 Å². The van der Waals surface area contributed by atoms with Gasteiger partial charge >= 0.3 is 0 Å². The lowest BCUT2D eigenvalue weighted by Gasteiger charge is -2.35. The molecule has 1 unspecified atom stereocenters. The third-order valence-electron chi connectivity index (χ3n) is 3.72. The van der Waals surface area contributed by atoms with Crippen molar-refractivity contribution < 1.29 is 9.53 Å². The first-order valence-electron chi connectivity index (χ1n) is 7.42. The molecule has 0 radical (unpaired) electrons. The second-order valence-electron chi connectivity index (χ2n) is 5.18. The molecule has 0 saturated carbocycles. The van der Waals surface area contributed by atoms with Crippen molar-refractivity contribution in [3.63, 3.8) is 0 Å². The number of rotatable bonds is 4. The Morgan fingerprint density at radius 3 is 2.59 bits per heavy atom. The Hall–Kier alpha value is -2.24. The monoisotopic (exact) mass is 297 g/mol. The van der Waals surface area contributed by atoms with Crippen LogP contribution in [-0.4, -0.2) is 42.1 Å². The van der Waals surface area contributed by atoms with E-state index in [1.165, 1.54) is 0 Å². The first kappa shape index (κ1) is 14.7. The van der Waals surface area contributed by atoms with Crippen LogP contribution in [0.15, 0.2) is 54.9 Å². The van der Waals surface area contributed by atoms with Crippen molar-refractivity contribution in [2.45, 2.75) is 6.17 Å². The number of nitrogens with one attached hydrogen (secondary N) is 1. The van der Waals surface area contributed by atoms with Gasteiger partial charge in [0.2, 0.25) is 0 Å². The van der Waals surface area contributed by atoms with Crippen molar-refractivity contribution in [1.29, 1.82) is 0 Å². The lowest BCUT2D eigenvalue weighted by atomic mass is 10.1. The molecule has 1 fully saturated rings. The van der Waals surface area contributed by atoms with E-state index >= 15 is 0 Å². The summed E-state index contributed by atoms with van der Waals surface area (Å²) in [6, 6.07) is 13.5. The molecule has 3 rings (SSSR count). The number of ether oxygens (including phenoxy) is 1. The second-order valence-corrected chi connectivity index (χ2v) is 5.18. The van der Waals surface area contributed by atoms with Crippen LogP contribution in [0.4, 0.5) is 0 Å². The van der Waals surface area contributed by atoms with Crippen molar-refractivity contribution in [3.8, 4) is 0 Å². The van der Waals surface area contributed by atoms with Gasteiger partial charge in [-0.1, -0.05) is 30.3 Å². The first-order valence-corrected chi connectivity index (χ1v) is 7.42. The molecule has 5 nitrogen and oxygen atoms in total. The summed E-state index contributed by atoms with van der Waals surface area (Å²) in [5.74, 6) is -0.117. The van der Waals surface area contributed by atoms with E-state index in [0.717, 1.165) is 18.7 Å². The van der Waals surface area contributed by atoms with Gasteiger partial charge in [0.25, 0.3) is 5.91 Å². The van der Waals surface area contributed by atoms with Crippen LogP contribution >= 0.6 is 0 Å². The Bertz CT molecular complexity index is 598. The standard InChI is InChI=1S/C17H19N3O2/c21-17(15-7-4-8-18-13-15)19-16(14-5-2-1-3-6-14)20-9-11-22-12-10-20/h1-8,13,16H,9-12H2,(H,19,21). The summed E-state index contributed by atoms with van der Waals surface area (Å²) >= 11 is 0. The van der Waals surface area contributed by atoms with E-state index in [9.17, 15) is 4.79 Å². The van der Waals surface area contributed by atoms with Gasteiger partial charge in [-0.25, -0.2) is 0 Å². The van der Waals surface area contributed by atoms with E-state index in [4.69, 9.17) is 4.74 Å². The van der Waals surface area contributed by atoms with Gasteiger partial charge in [0.1, 0.15) is 6.17 Å². The van der Waals surface area contributed by atoms with Crippen molar-refractivity contribution in [1.82, 2.24) is 15.2 Å². The van der Waals surface area contributed by atoms with Crippen molar-refractivity contribution in [2.24, 2.45) is 0 Å². The van der Waals surface area contributed by atoms with Gasteiger partial charge in [-0.05, 0) is 17.7 Å². The Kier molecular flexibility index (Phi) is 4.78. The smallest absolute Gasteiger partial charge is 0.254 e. The number of aromatic nitrogens is 1. The number of morpholine rings is 1. The van der Waals surface area contributed by atoms with E-state index < -0.39 is 0 Å². The highest BCUT2D eigenvalue weighted by Crippen LogP contribution is 2.19. The lowest BCUT2D eigenvalue weighted by molar-refractivity contribution is 0.00847. The maximum Gasteiger partial charge on any atom is 0.254 e. The number of pyridine rings is 1. The van der Waals surface area contributed by atoms with Gasteiger partial charge < -0.3 is 10.1 Å². The largest absolute Gasteiger partial charge is 0.379 e. The summed E-state index contributed by atoms with van der Waals surface area (Å²) in [7, 11) is 0. The lowest BCUT2D eigenvalue weighted by Crippen LogP contribution is -2.46. The van der Waals surface area contributed by atoms with Gasteiger partial charge in [-0.3, -0.25) is 14.7 Å². The Labute approximate surface area is 129 Å². The van der Waals surface area contributed by atoms with E-state index in [0.29, 0.717) is 18.8 Å². The van der Waals surface area contributed by atoms with Gasteiger partial charge in [-0.15, -0.1) is 0 Å². The molecule has 0 aliphatic carbocycles. The summed E-state index contributed by atoms with van der Waals surface area (Å²) < 4.78 is 5.41. The summed E-state index contributed by atoms with van der Waals surface area (Å²) in [6.45, 7) is 2.97. The number of carbonyl (C=O) groups excluding carboxylic acids is 1. The molecule has 2 aromatic rings. The number of hydrogen-bond acceptors (Lipinski definition) is 4. The molecule has 1 aliphatic rings. The average Bonchev–Trinajstić information content (AvgIpc) is 2.62. The molecule has 1 aromatic heterocycles. The van der Waals surface area contributed by atoms with Crippen molar-refractivity contribution in [2.75, 3.05) is 26.3 Å². The molecule has 0 spiro atoms. The van der Waals surface area contributed by atoms with Crippen molar-refractivity contribution in [3.05, 3.63) is 66.0 Å². The third-order valence-corrected chi connectivity index (χ3v) is 3.72. The zero-order chi connectivity index (χ0) is 15.2. The molecule has 1 aliphatic heterocycles. The molecule has 1 amide bonds. The molecular formula is C17H19N3O2. The molecule has 0 bridgehead atoms. The quantitative estimate of drug-likeness (QED) is 0.935. The number of benzene rings is 1. The predicted molar refractivity (Wildman–Crippen MR) is 83.3 cm³/mol. The first-order chi connectivity index (χ1) is 10.8. The van der Waals surface area contributed by atoms with Gasteiger partial charge in [0.05, 0.1) is 18.8 Å². The minimum Gasteiger partial charge on any atom is -0.379 e. The highest BCUT2D eigenvalue weighted by atomic mass is 16.5. The van der Waals surface area contributed by atoms with Gasteiger partial charge in [-0.2, -0.15) is 0 Å². The van der Waals surface area contributed by atoms with Crippen LogP contribution in [-0.2, 0) is 4.74 Å². The Balaban J connectivity index is 1.81. The number of amides is 1. The SMILES string of the molecule is O=C(NC(c1ccccc1)N1CCOCC1)c1cccnc1. The summed E-state index contributed by atoms with van der Waals surface area (Å²) in [4.78, 5) is 18.7. The van der Waals surface area contributed by atoms with Gasteiger partial charge in [0, 0.05) is 25.5 Å². The van der Waals surface area contributed by atoms with E-state index in [-0.39, 0.29) is 12.1 Å². The van der Waals surface area contributed by atoms with E-state index in [2.05, 4.69) is 15.2 Å². The molecule has 22 heavy (non-hydrogen) atoms. The molecule has 114 valence electrons. The molecule has 1 aromatic carbocycles. The van der Waals surface area contributed by atoms with Crippen molar-refractivity contribution >= 4 is 5.91 Å². The van der Waals surface area contributed by atoms with Crippen LogP contribution in [0.5, 0.6) is 0 Å². The summed E-state index contributed by atoms with van der Waals surface area (Å²) in [5, 5.41) is 3.11. The maximum atomic E-state index is 12.5. The molecule has 1 N–H and O–H groups in total. The van der Waals surface area contributed by atoms with Crippen LogP contribution in [0.25, 0.3) is 0 Å². The Morgan fingerprint density at radius 1 is 1.14 bits per heavy atom. The minimum absolute atomic E-state index is 0.117. The van der Waals surface area contributed by atoms with Gasteiger partial charge in [0.15, 0.2) is 0 Å². The average molecular weight is 297 g/mol. The number of nitrogens with zero attached hydrogens (tertiary/aromatic N) is 2. The predicted octanol–water partition coefficient (Wildman–Crippen LogP) is 1.84. The van der Waals surface area contributed by atoms with Crippen LogP contribution in [0, 0.1) is 0 Å². The van der Waals surface area contributed by atoms with Crippen LogP contribution in [0.2, 0.25) is 0 Å². The summed E-state index contributed by atoms with van der Waals surface area (Å²) in [5.41, 5.74) is 1.64. The molecule has 2 heterocycles. The highest BCUT2D eigenvalue weighted by Gasteiger charge is 2.24. The molecule has 1 saturated heterocycles. The Morgan fingerprint density at radius 2 is 1.91 bits per heavy atom. The zero-order valence-electron chi connectivity index (χ0n) is 12.3. The molecule has 1 atom stereocenters. The fraction of sp³-hybridized carbons (Fsp3) is 0.294. The fourth-order valence-corrected chi connectivity index (χ4v) is 2.56. The maximum absolute atomic E-state index is 12.5. The zero-order valence-corrected chi connectivity index (χ0v) is 12.3. The van der Waals surface area contributed by atoms with Crippen LogP contribution in [0.1, 0.15) is 22.1 Å². The molecule has 5 heteroatoms.